The van der Waals surface area contributed by atoms with Crippen LogP contribution in [0.4, 0.5) is 10.2 Å². The summed E-state index contributed by atoms with van der Waals surface area (Å²) < 4.78 is 19.0. The van der Waals surface area contributed by atoms with Crippen LogP contribution in [0.25, 0.3) is 11.0 Å². The zero-order valence-electron chi connectivity index (χ0n) is 14.0. The molecule has 0 saturated heterocycles. The molecular formula is C20H13FN2O3S. The standard InChI is InChI=1S/C20H13FN2O3S/c21-13-6-7-17-15(10-13)16(24)11-18(26-17)20(25)23(12-14-4-3-9-27-14)19-5-1-2-8-22-19/h1-11H,12H2. The van der Waals surface area contributed by atoms with Crippen LogP contribution in [0, 0.1) is 5.82 Å². The van der Waals surface area contributed by atoms with Crippen LogP contribution in [-0.4, -0.2) is 10.9 Å². The molecule has 0 radical (unpaired) electrons. The SMILES string of the molecule is O=C(c1cc(=O)c2cc(F)ccc2o1)N(Cc1cccs1)c1ccccn1. The minimum atomic E-state index is -0.540. The molecule has 1 amide bonds. The van der Waals surface area contributed by atoms with Gasteiger partial charge in [-0.15, -0.1) is 11.3 Å². The van der Waals surface area contributed by atoms with Gasteiger partial charge in [-0.2, -0.15) is 0 Å². The largest absolute Gasteiger partial charge is 0.451 e. The summed E-state index contributed by atoms with van der Waals surface area (Å²) >= 11 is 1.51. The average molecular weight is 380 g/mol. The first kappa shape index (κ1) is 17.1. The van der Waals surface area contributed by atoms with E-state index in [0.717, 1.165) is 17.0 Å². The number of anilines is 1. The molecule has 0 aliphatic carbocycles. The monoisotopic (exact) mass is 380 g/mol. The quantitative estimate of drug-likeness (QED) is 0.531. The van der Waals surface area contributed by atoms with Crippen LogP contribution in [0.5, 0.6) is 0 Å². The van der Waals surface area contributed by atoms with Crippen molar-refractivity contribution in [1.29, 1.82) is 0 Å². The molecule has 3 aromatic heterocycles. The maximum Gasteiger partial charge on any atom is 0.295 e. The van der Waals surface area contributed by atoms with Crippen molar-refractivity contribution in [3.05, 3.63) is 92.9 Å². The first-order chi connectivity index (χ1) is 13.1. The molecule has 0 aliphatic rings. The molecule has 0 N–H and O–H groups in total. The fraction of sp³-hybridized carbons (Fsp3) is 0.0500. The highest BCUT2D eigenvalue weighted by atomic mass is 32.1. The Kier molecular flexibility index (Phi) is 4.52. The summed E-state index contributed by atoms with van der Waals surface area (Å²) in [6.07, 6.45) is 1.59. The number of halogens is 1. The number of hydrogen-bond donors (Lipinski definition) is 0. The fourth-order valence-electron chi connectivity index (χ4n) is 2.70. The maximum absolute atomic E-state index is 13.4. The van der Waals surface area contributed by atoms with Crippen molar-refractivity contribution in [2.45, 2.75) is 6.54 Å². The molecule has 7 heteroatoms. The molecule has 0 spiro atoms. The Bertz CT molecular complexity index is 1160. The highest BCUT2D eigenvalue weighted by Crippen LogP contribution is 2.21. The van der Waals surface area contributed by atoms with Gasteiger partial charge in [0.05, 0.1) is 11.9 Å². The van der Waals surface area contributed by atoms with E-state index in [9.17, 15) is 14.0 Å². The van der Waals surface area contributed by atoms with E-state index < -0.39 is 17.2 Å². The molecule has 0 fully saturated rings. The van der Waals surface area contributed by atoms with Crippen LogP contribution in [0.3, 0.4) is 0 Å². The second-order valence-electron chi connectivity index (χ2n) is 5.77. The molecule has 0 unspecified atom stereocenters. The van der Waals surface area contributed by atoms with Crippen molar-refractivity contribution in [2.24, 2.45) is 0 Å². The van der Waals surface area contributed by atoms with Crippen molar-refractivity contribution in [1.82, 2.24) is 4.98 Å². The number of aromatic nitrogens is 1. The number of pyridine rings is 1. The van der Waals surface area contributed by atoms with E-state index in [2.05, 4.69) is 4.98 Å². The van der Waals surface area contributed by atoms with Crippen LogP contribution < -0.4 is 10.3 Å². The van der Waals surface area contributed by atoms with Gasteiger partial charge in [-0.1, -0.05) is 12.1 Å². The van der Waals surface area contributed by atoms with Crippen molar-refractivity contribution in [2.75, 3.05) is 4.90 Å². The van der Waals surface area contributed by atoms with Crippen molar-refractivity contribution in [3.63, 3.8) is 0 Å². The molecule has 0 saturated carbocycles. The van der Waals surface area contributed by atoms with Crippen LogP contribution >= 0.6 is 11.3 Å². The second-order valence-corrected chi connectivity index (χ2v) is 6.81. The van der Waals surface area contributed by atoms with E-state index in [1.807, 2.05) is 17.5 Å². The van der Waals surface area contributed by atoms with Gasteiger partial charge < -0.3 is 4.42 Å². The molecular weight excluding hydrogens is 367 g/mol. The van der Waals surface area contributed by atoms with Crippen LogP contribution in [0.15, 0.2) is 75.4 Å². The summed E-state index contributed by atoms with van der Waals surface area (Å²) in [4.78, 5) is 32.1. The lowest BCUT2D eigenvalue weighted by molar-refractivity contribution is 0.0958. The van der Waals surface area contributed by atoms with Crippen LogP contribution in [0.1, 0.15) is 15.4 Å². The third-order valence-electron chi connectivity index (χ3n) is 3.96. The van der Waals surface area contributed by atoms with E-state index in [-0.39, 0.29) is 16.7 Å². The van der Waals surface area contributed by atoms with E-state index >= 15 is 0 Å². The molecule has 5 nitrogen and oxygen atoms in total. The molecule has 1 aromatic carbocycles. The van der Waals surface area contributed by atoms with Gasteiger partial charge >= 0.3 is 0 Å². The number of rotatable bonds is 4. The average Bonchev–Trinajstić information content (AvgIpc) is 3.20. The lowest BCUT2D eigenvalue weighted by Gasteiger charge is -2.20. The van der Waals surface area contributed by atoms with Gasteiger partial charge in [-0.3, -0.25) is 14.5 Å². The zero-order chi connectivity index (χ0) is 18.8. The molecule has 4 rings (SSSR count). The van der Waals surface area contributed by atoms with Gasteiger partial charge in [0, 0.05) is 17.1 Å². The van der Waals surface area contributed by atoms with Gasteiger partial charge in [-0.05, 0) is 41.8 Å². The number of nitrogens with zero attached hydrogens (tertiary/aromatic N) is 2. The summed E-state index contributed by atoms with van der Waals surface area (Å²) in [6, 6.07) is 13.7. The molecule has 27 heavy (non-hydrogen) atoms. The number of carbonyl (C=O) groups excluding carboxylic acids is 1. The number of carbonyl (C=O) groups is 1. The number of thiophene rings is 1. The number of amides is 1. The summed E-state index contributed by atoms with van der Waals surface area (Å²) in [5.41, 5.74) is -0.319. The predicted octanol–water partition coefficient (Wildman–Crippen LogP) is 4.24. The smallest absolute Gasteiger partial charge is 0.295 e. The maximum atomic E-state index is 13.4. The van der Waals surface area contributed by atoms with Gasteiger partial charge in [0.1, 0.15) is 17.2 Å². The van der Waals surface area contributed by atoms with Crippen LogP contribution in [-0.2, 0) is 6.54 Å². The third-order valence-corrected chi connectivity index (χ3v) is 4.83. The highest BCUT2D eigenvalue weighted by Gasteiger charge is 2.23. The molecule has 4 aromatic rings. The summed E-state index contributed by atoms with van der Waals surface area (Å²) in [5.74, 6) is -0.717. The summed E-state index contributed by atoms with van der Waals surface area (Å²) in [7, 11) is 0. The molecule has 0 aliphatic heterocycles. The number of fused-ring (bicyclic) bond motifs is 1. The Morgan fingerprint density at radius 3 is 2.78 bits per heavy atom. The summed E-state index contributed by atoms with van der Waals surface area (Å²) in [5, 5.41) is 2.01. The predicted molar refractivity (Wildman–Crippen MR) is 102 cm³/mol. The van der Waals surface area contributed by atoms with E-state index in [0.29, 0.717) is 12.4 Å². The Hall–Kier alpha value is -3.32. The van der Waals surface area contributed by atoms with Crippen LogP contribution in [0.2, 0.25) is 0 Å². The highest BCUT2D eigenvalue weighted by molar-refractivity contribution is 7.09. The lowest BCUT2D eigenvalue weighted by Crippen LogP contribution is -2.31. The Morgan fingerprint density at radius 2 is 2.04 bits per heavy atom. The van der Waals surface area contributed by atoms with E-state index in [1.54, 1.807) is 24.4 Å². The van der Waals surface area contributed by atoms with E-state index in [1.165, 1.54) is 28.4 Å². The number of hydrogen-bond acceptors (Lipinski definition) is 5. The first-order valence-corrected chi connectivity index (χ1v) is 8.98. The topological polar surface area (TPSA) is 63.4 Å². The Balaban J connectivity index is 1.78. The zero-order valence-corrected chi connectivity index (χ0v) is 14.8. The minimum Gasteiger partial charge on any atom is -0.451 e. The molecule has 0 atom stereocenters. The number of benzene rings is 1. The van der Waals surface area contributed by atoms with Gasteiger partial charge in [0.25, 0.3) is 5.91 Å². The fourth-order valence-corrected chi connectivity index (χ4v) is 3.39. The minimum absolute atomic E-state index is 0.0918. The van der Waals surface area contributed by atoms with E-state index in [4.69, 9.17) is 4.42 Å². The first-order valence-electron chi connectivity index (χ1n) is 8.10. The van der Waals surface area contributed by atoms with Gasteiger partial charge in [0.15, 0.2) is 11.2 Å². The molecule has 134 valence electrons. The molecule has 3 heterocycles. The van der Waals surface area contributed by atoms with Crippen molar-refractivity contribution < 1.29 is 13.6 Å². The van der Waals surface area contributed by atoms with Crippen molar-refractivity contribution in [3.8, 4) is 0 Å². The molecule has 0 bridgehead atoms. The Labute approximate surface area is 157 Å². The van der Waals surface area contributed by atoms with Gasteiger partial charge in [-0.25, -0.2) is 9.37 Å². The lowest BCUT2D eigenvalue weighted by atomic mass is 10.2. The Morgan fingerprint density at radius 1 is 1.15 bits per heavy atom. The normalized spacial score (nSPS) is 10.9. The second kappa shape index (κ2) is 7.13. The van der Waals surface area contributed by atoms with Crippen molar-refractivity contribution >= 4 is 34.0 Å². The summed E-state index contributed by atoms with van der Waals surface area (Å²) in [6.45, 7) is 0.290. The van der Waals surface area contributed by atoms with Gasteiger partial charge in [0.2, 0.25) is 0 Å². The third kappa shape index (κ3) is 3.50.